The summed E-state index contributed by atoms with van der Waals surface area (Å²) in [6.45, 7) is 3.27. The fourth-order valence-electron chi connectivity index (χ4n) is 2.17. The third-order valence-electron chi connectivity index (χ3n) is 3.63. The van der Waals surface area contributed by atoms with Crippen molar-refractivity contribution in [3.63, 3.8) is 0 Å². The highest BCUT2D eigenvalue weighted by molar-refractivity contribution is 6.21. The predicted molar refractivity (Wildman–Crippen MR) is 75.8 cm³/mol. The van der Waals surface area contributed by atoms with Gasteiger partial charge in [-0.05, 0) is 18.2 Å². The number of carbonyl (C=O) groups excluding carboxylic acids is 2. The topological polar surface area (TPSA) is 57.6 Å². The maximum absolute atomic E-state index is 14.1. The van der Waals surface area contributed by atoms with Crippen LogP contribution in [0.25, 0.3) is 0 Å². The molecule has 110 valence electrons. The number of aliphatic hydroxyl groups is 1. The summed E-state index contributed by atoms with van der Waals surface area (Å²) in [5.41, 5.74) is 0.402. The third kappa shape index (κ3) is 2.81. The van der Waals surface area contributed by atoms with Crippen LogP contribution in [-0.2, 0) is 9.59 Å². The first-order chi connectivity index (χ1) is 9.97. The van der Waals surface area contributed by atoms with E-state index < -0.39 is 17.7 Å². The van der Waals surface area contributed by atoms with Crippen LogP contribution in [0.4, 0.5) is 10.1 Å². The molecule has 1 saturated heterocycles. The van der Waals surface area contributed by atoms with Gasteiger partial charge in [0.1, 0.15) is 5.82 Å². The SMILES string of the molecule is CC1C(=O)N(c2ccc(C#CCCO)cc2F)C(=O)C1C. The second-order valence-electron chi connectivity index (χ2n) is 5.03. The first-order valence-electron chi connectivity index (χ1n) is 6.74. The smallest absolute Gasteiger partial charge is 0.237 e. The van der Waals surface area contributed by atoms with Crippen molar-refractivity contribution in [2.24, 2.45) is 11.8 Å². The first kappa shape index (κ1) is 15.2. The number of nitrogens with zero attached hydrogens (tertiary/aromatic N) is 1. The zero-order chi connectivity index (χ0) is 15.6. The van der Waals surface area contributed by atoms with Crippen molar-refractivity contribution in [2.75, 3.05) is 11.5 Å². The van der Waals surface area contributed by atoms with Crippen LogP contribution in [0, 0.1) is 29.5 Å². The van der Waals surface area contributed by atoms with E-state index in [1.807, 2.05) is 0 Å². The fraction of sp³-hybridized carbons (Fsp3) is 0.375. The number of hydrogen-bond donors (Lipinski definition) is 1. The van der Waals surface area contributed by atoms with Crippen LogP contribution in [0.5, 0.6) is 0 Å². The van der Waals surface area contributed by atoms with E-state index in [-0.39, 0.29) is 24.1 Å². The Balaban J connectivity index is 2.32. The van der Waals surface area contributed by atoms with Crippen molar-refractivity contribution in [2.45, 2.75) is 20.3 Å². The number of imide groups is 1. The second-order valence-corrected chi connectivity index (χ2v) is 5.03. The minimum atomic E-state index is -0.659. The van der Waals surface area contributed by atoms with Gasteiger partial charge in [0.2, 0.25) is 11.8 Å². The van der Waals surface area contributed by atoms with Gasteiger partial charge in [-0.1, -0.05) is 25.7 Å². The van der Waals surface area contributed by atoms with E-state index in [4.69, 9.17) is 5.11 Å². The molecule has 2 unspecified atom stereocenters. The largest absolute Gasteiger partial charge is 0.395 e. The summed E-state index contributed by atoms with van der Waals surface area (Å²) in [5.74, 6) is 3.08. The van der Waals surface area contributed by atoms with Gasteiger partial charge in [0.15, 0.2) is 0 Å². The molecule has 2 atom stereocenters. The standard InChI is InChI=1S/C16H16FNO3/c1-10-11(2)16(21)18(15(10)20)14-7-6-12(9-13(14)17)5-3-4-8-19/h6-7,9-11,19H,4,8H2,1-2H3. The number of benzene rings is 1. The molecule has 0 aliphatic carbocycles. The molecule has 5 heteroatoms. The maximum atomic E-state index is 14.1. The molecule has 0 radical (unpaired) electrons. The Morgan fingerprint density at radius 1 is 1.24 bits per heavy atom. The van der Waals surface area contributed by atoms with E-state index in [0.717, 1.165) is 4.90 Å². The number of carbonyl (C=O) groups is 2. The van der Waals surface area contributed by atoms with Crippen LogP contribution in [0.1, 0.15) is 25.8 Å². The van der Waals surface area contributed by atoms with Gasteiger partial charge < -0.3 is 5.11 Å². The third-order valence-corrected chi connectivity index (χ3v) is 3.63. The van der Waals surface area contributed by atoms with E-state index in [1.165, 1.54) is 12.1 Å². The molecular weight excluding hydrogens is 273 g/mol. The predicted octanol–water partition coefficient (Wildman–Crippen LogP) is 1.71. The Kier molecular flexibility index (Phi) is 4.39. The van der Waals surface area contributed by atoms with E-state index in [2.05, 4.69) is 11.8 Å². The van der Waals surface area contributed by atoms with Gasteiger partial charge in [-0.15, -0.1) is 0 Å². The quantitative estimate of drug-likeness (QED) is 0.666. The van der Waals surface area contributed by atoms with E-state index in [9.17, 15) is 14.0 Å². The van der Waals surface area contributed by atoms with E-state index >= 15 is 0 Å². The molecule has 1 aromatic rings. The summed E-state index contributed by atoms with van der Waals surface area (Å²) in [6.07, 6.45) is 0.307. The van der Waals surface area contributed by atoms with Crippen molar-refractivity contribution >= 4 is 17.5 Å². The molecular formula is C16H16FNO3. The second kappa shape index (κ2) is 6.06. The summed E-state index contributed by atoms with van der Waals surface area (Å²) in [7, 11) is 0. The van der Waals surface area contributed by atoms with Crippen molar-refractivity contribution in [1.82, 2.24) is 0 Å². The molecule has 0 aromatic heterocycles. The number of anilines is 1. The van der Waals surface area contributed by atoms with E-state index in [0.29, 0.717) is 12.0 Å². The van der Waals surface area contributed by atoms with Crippen LogP contribution in [0.2, 0.25) is 0 Å². The lowest BCUT2D eigenvalue weighted by Gasteiger charge is -2.15. The van der Waals surface area contributed by atoms with Gasteiger partial charge in [0, 0.05) is 23.8 Å². The zero-order valence-electron chi connectivity index (χ0n) is 11.9. The van der Waals surface area contributed by atoms with E-state index in [1.54, 1.807) is 19.9 Å². The summed E-state index contributed by atoms with van der Waals surface area (Å²) in [5, 5.41) is 8.64. The molecule has 1 aliphatic heterocycles. The monoisotopic (exact) mass is 289 g/mol. The number of hydrogen-bond acceptors (Lipinski definition) is 3. The maximum Gasteiger partial charge on any atom is 0.237 e. The molecule has 1 aromatic carbocycles. The number of amides is 2. The summed E-state index contributed by atoms with van der Waals surface area (Å²) < 4.78 is 14.1. The average Bonchev–Trinajstić information content (AvgIpc) is 2.64. The van der Waals surface area contributed by atoms with Crippen LogP contribution < -0.4 is 4.90 Å². The molecule has 0 spiro atoms. The highest BCUT2D eigenvalue weighted by Crippen LogP contribution is 2.32. The van der Waals surface area contributed by atoms with Crippen molar-refractivity contribution < 1.29 is 19.1 Å². The molecule has 4 nitrogen and oxygen atoms in total. The Bertz CT molecular complexity index is 625. The van der Waals surface area contributed by atoms with Gasteiger partial charge in [0.25, 0.3) is 0 Å². The molecule has 2 amide bonds. The van der Waals surface area contributed by atoms with Crippen molar-refractivity contribution in [1.29, 1.82) is 0 Å². The Labute approximate surface area is 122 Å². The van der Waals surface area contributed by atoms with Crippen LogP contribution in [-0.4, -0.2) is 23.5 Å². The lowest BCUT2D eigenvalue weighted by Crippen LogP contribution is -2.31. The molecule has 1 fully saturated rings. The highest BCUT2D eigenvalue weighted by Gasteiger charge is 2.43. The summed E-state index contributed by atoms with van der Waals surface area (Å²) in [4.78, 5) is 25.0. The highest BCUT2D eigenvalue weighted by atomic mass is 19.1. The molecule has 21 heavy (non-hydrogen) atoms. The number of rotatable bonds is 2. The number of aliphatic hydroxyl groups excluding tert-OH is 1. The van der Waals surface area contributed by atoms with Gasteiger partial charge in [-0.25, -0.2) is 9.29 Å². The minimum Gasteiger partial charge on any atom is -0.395 e. The van der Waals surface area contributed by atoms with Crippen LogP contribution in [0.15, 0.2) is 18.2 Å². The van der Waals surface area contributed by atoms with Gasteiger partial charge in [-0.3, -0.25) is 9.59 Å². The normalized spacial score (nSPS) is 21.4. The zero-order valence-corrected chi connectivity index (χ0v) is 11.9. The number of halogens is 1. The lowest BCUT2D eigenvalue weighted by atomic mass is 10.00. The first-order valence-corrected chi connectivity index (χ1v) is 6.74. The van der Waals surface area contributed by atoms with Gasteiger partial charge in [-0.2, -0.15) is 0 Å². The Hall–Kier alpha value is -2.19. The molecule has 2 rings (SSSR count). The fourth-order valence-corrected chi connectivity index (χ4v) is 2.17. The Morgan fingerprint density at radius 2 is 1.86 bits per heavy atom. The van der Waals surface area contributed by atoms with Crippen LogP contribution in [0.3, 0.4) is 0 Å². The minimum absolute atomic E-state index is 0.0334. The molecule has 1 N–H and O–H groups in total. The Morgan fingerprint density at radius 3 is 2.38 bits per heavy atom. The molecule has 0 bridgehead atoms. The van der Waals surface area contributed by atoms with Crippen LogP contribution >= 0.6 is 0 Å². The average molecular weight is 289 g/mol. The van der Waals surface area contributed by atoms with Crippen molar-refractivity contribution in [3.05, 3.63) is 29.6 Å². The lowest BCUT2D eigenvalue weighted by molar-refractivity contribution is -0.122. The van der Waals surface area contributed by atoms with Gasteiger partial charge in [0.05, 0.1) is 12.3 Å². The summed E-state index contributed by atoms with van der Waals surface area (Å²) in [6, 6.07) is 4.13. The molecule has 0 saturated carbocycles. The van der Waals surface area contributed by atoms with Gasteiger partial charge >= 0.3 is 0 Å². The molecule has 1 aliphatic rings. The summed E-state index contributed by atoms with van der Waals surface area (Å²) >= 11 is 0. The molecule has 1 heterocycles. The van der Waals surface area contributed by atoms with Crippen molar-refractivity contribution in [3.8, 4) is 11.8 Å².